The topological polar surface area (TPSA) is 31.6 Å². The van der Waals surface area contributed by atoms with Crippen molar-refractivity contribution in [2.24, 2.45) is 0 Å². The standard InChI is InChI=1S/C24H16N2/c1-2-7-15(8-3-1)16-10-6-12-19-22(16)24-21(26-19)14-13-20-23(24)17-9-4-5-11-18(17)25-20/h1-14,25-26H. The van der Waals surface area contributed by atoms with Gasteiger partial charge in [0.15, 0.2) is 0 Å². The van der Waals surface area contributed by atoms with Gasteiger partial charge in [-0.3, -0.25) is 0 Å². The van der Waals surface area contributed by atoms with E-state index in [9.17, 15) is 0 Å². The molecule has 122 valence electrons. The van der Waals surface area contributed by atoms with Gasteiger partial charge in [0.2, 0.25) is 0 Å². The Morgan fingerprint density at radius 2 is 1.08 bits per heavy atom. The van der Waals surface area contributed by atoms with Crippen LogP contribution in [0.1, 0.15) is 0 Å². The van der Waals surface area contributed by atoms with E-state index in [0.29, 0.717) is 0 Å². The predicted octanol–water partition coefficient (Wildman–Crippen LogP) is 6.62. The van der Waals surface area contributed by atoms with Gasteiger partial charge in [-0.05, 0) is 35.4 Å². The van der Waals surface area contributed by atoms with E-state index in [1.54, 1.807) is 0 Å². The van der Waals surface area contributed by atoms with Crippen LogP contribution in [0.4, 0.5) is 0 Å². The third-order valence-electron chi connectivity index (χ3n) is 5.34. The van der Waals surface area contributed by atoms with E-state index < -0.39 is 0 Å². The van der Waals surface area contributed by atoms with E-state index in [2.05, 4.69) is 94.9 Å². The number of rotatable bonds is 1. The maximum Gasteiger partial charge on any atom is 0.0472 e. The van der Waals surface area contributed by atoms with Gasteiger partial charge in [-0.25, -0.2) is 0 Å². The van der Waals surface area contributed by atoms with Gasteiger partial charge in [0.05, 0.1) is 0 Å². The fourth-order valence-corrected chi connectivity index (χ4v) is 4.23. The second kappa shape index (κ2) is 4.99. The van der Waals surface area contributed by atoms with E-state index in [0.717, 1.165) is 0 Å². The summed E-state index contributed by atoms with van der Waals surface area (Å²) in [5.41, 5.74) is 7.24. The second-order valence-electron chi connectivity index (χ2n) is 6.80. The van der Waals surface area contributed by atoms with Crippen LogP contribution < -0.4 is 0 Å². The Morgan fingerprint density at radius 1 is 0.423 bits per heavy atom. The van der Waals surface area contributed by atoms with Crippen LogP contribution in [-0.2, 0) is 0 Å². The number of nitrogens with one attached hydrogen (secondary N) is 2. The highest BCUT2D eigenvalue weighted by atomic mass is 14.7. The second-order valence-corrected chi connectivity index (χ2v) is 6.80. The number of hydrogen-bond acceptors (Lipinski definition) is 0. The molecule has 0 aliphatic rings. The maximum absolute atomic E-state index is 3.62. The summed E-state index contributed by atoms with van der Waals surface area (Å²) in [5.74, 6) is 0. The Kier molecular flexibility index (Phi) is 2.64. The minimum Gasteiger partial charge on any atom is -0.354 e. The molecular weight excluding hydrogens is 316 g/mol. The zero-order valence-corrected chi connectivity index (χ0v) is 14.1. The molecule has 0 saturated heterocycles. The van der Waals surface area contributed by atoms with Gasteiger partial charge in [-0.1, -0.05) is 60.7 Å². The molecule has 0 aliphatic carbocycles. The molecule has 2 heteroatoms. The van der Waals surface area contributed by atoms with Crippen molar-refractivity contribution in [2.75, 3.05) is 0 Å². The molecule has 0 bridgehead atoms. The van der Waals surface area contributed by atoms with Crippen molar-refractivity contribution in [3.05, 3.63) is 84.9 Å². The Bertz CT molecular complexity index is 1420. The first-order valence-electron chi connectivity index (χ1n) is 8.89. The zero-order valence-electron chi connectivity index (χ0n) is 14.1. The Morgan fingerprint density at radius 3 is 1.96 bits per heavy atom. The molecule has 4 aromatic carbocycles. The van der Waals surface area contributed by atoms with Crippen LogP contribution in [0.2, 0.25) is 0 Å². The van der Waals surface area contributed by atoms with Gasteiger partial charge in [-0.2, -0.15) is 0 Å². The van der Waals surface area contributed by atoms with Gasteiger partial charge >= 0.3 is 0 Å². The van der Waals surface area contributed by atoms with Gasteiger partial charge in [0.1, 0.15) is 0 Å². The van der Waals surface area contributed by atoms with Crippen LogP contribution in [0, 0.1) is 0 Å². The molecule has 6 rings (SSSR count). The predicted molar refractivity (Wildman–Crippen MR) is 111 cm³/mol. The normalized spacial score (nSPS) is 11.8. The van der Waals surface area contributed by atoms with Crippen molar-refractivity contribution in [1.82, 2.24) is 9.97 Å². The van der Waals surface area contributed by atoms with Crippen molar-refractivity contribution in [1.29, 1.82) is 0 Å². The number of benzene rings is 4. The van der Waals surface area contributed by atoms with E-state index in [1.165, 1.54) is 54.7 Å². The fourth-order valence-electron chi connectivity index (χ4n) is 4.23. The molecule has 2 heterocycles. The van der Waals surface area contributed by atoms with Crippen molar-refractivity contribution >= 4 is 43.6 Å². The smallest absolute Gasteiger partial charge is 0.0472 e. The molecule has 0 spiro atoms. The fraction of sp³-hybridized carbons (Fsp3) is 0. The van der Waals surface area contributed by atoms with E-state index in [1.807, 2.05) is 0 Å². The zero-order chi connectivity index (χ0) is 17.1. The van der Waals surface area contributed by atoms with E-state index >= 15 is 0 Å². The monoisotopic (exact) mass is 332 g/mol. The summed E-state index contributed by atoms with van der Waals surface area (Å²) in [4.78, 5) is 7.19. The summed E-state index contributed by atoms with van der Waals surface area (Å²) in [6, 6.07) is 30.1. The average Bonchev–Trinajstić information content (AvgIpc) is 3.26. The van der Waals surface area contributed by atoms with Crippen molar-refractivity contribution in [3.8, 4) is 11.1 Å². The Balaban J connectivity index is 1.89. The van der Waals surface area contributed by atoms with Crippen molar-refractivity contribution in [2.45, 2.75) is 0 Å². The lowest BCUT2D eigenvalue weighted by Crippen LogP contribution is -1.79. The molecule has 0 atom stereocenters. The highest BCUT2D eigenvalue weighted by Gasteiger charge is 2.15. The third kappa shape index (κ3) is 1.76. The number of H-pyrrole nitrogens is 2. The van der Waals surface area contributed by atoms with Crippen LogP contribution in [0.5, 0.6) is 0 Å². The average molecular weight is 332 g/mol. The third-order valence-corrected chi connectivity index (χ3v) is 5.34. The summed E-state index contributed by atoms with van der Waals surface area (Å²) in [6.07, 6.45) is 0. The van der Waals surface area contributed by atoms with Gasteiger partial charge in [0.25, 0.3) is 0 Å². The molecule has 0 saturated carbocycles. The number of para-hydroxylation sites is 1. The number of fused-ring (bicyclic) bond motifs is 7. The minimum absolute atomic E-state index is 1.18. The van der Waals surface area contributed by atoms with Gasteiger partial charge < -0.3 is 9.97 Å². The summed E-state index contributed by atoms with van der Waals surface area (Å²) in [7, 11) is 0. The first kappa shape index (κ1) is 13.7. The lowest BCUT2D eigenvalue weighted by Gasteiger charge is -2.05. The number of aromatic nitrogens is 2. The van der Waals surface area contributed by atoms with Crippen LogP contribution in [0.25, 0.3) is 54.7 Å². The summed E-state index contributed by atoms with van der Waals surface area (Å²) >= 11 is 0. The highest BCUT2D eigenvalue weighted by Crippen LogP contribution is 2.40. The van der Waals surface area contributed by atoms with Crippen LogP contribution in [0.15, 0.2) is 84.9 Å². The van der Waals surface area contributed by atoms with Gasteiger partial charge in [-0.15, -0.1) is 0 Å². The molecule has 0 radical (unpaired) electrons. The number of hydrogen-bond donors (Lipinski definition) is 2. The molecule has 0 aliphatic heterocycles. The van der Waals surface area contributed by atoms with E-state index in [-0.39, 0.29) is 0 Å². The molecule has 2 N–H and O–H groups in total. The molecule has 0 amide bonds. The van der Waals surface area contributed by atoms with E-state index in [4.69, 9.17) is 0 Å². The minimum atomic E-state index is 1.18. The Labute approximate surface area is 150 Å². The lowest BCUT2D eigenvalue weighted by atomic mass is 9.97. The number of aromatic amines is 2. The largest absolute Gasteiger partial charge is 0.354 e. The molecule has 2 nitrogen and oxygen atoms in total. The summed E-state index contributed by atoms with van der Waals surface area (Å²) in [5, 5.41) is 5.17. The molecule has 26 heavy (non-hydrogen) atoms. The summed E-state index contributed by atoms with van der Waals surface area (Å²) < 4.78 is 0. The SMILES string of the molecule is c1ccc(-c2cccc3[nH]c4ccc5[nH]c6ccccc6c5c4c23)cc1. The van der Waals surface area contributed by atoms with Crippen LogP contribution in [-0.4, -0.2) is 9.97 Å². The van der Waals surface area contributed by atoms with Crippen LogP contribution in [0.3, 0.4) is 0 Å². The van der Waals surface area contributed by atoms with Crippen molar-refractivity contribution < 1.29 is 0 Å². The van der Waals surface area contributed by atoms with Gasteiger partial charge in [0, 0.05) is 43.6 Å². The summed E-state index contributed by atoms with van der Waals surface area (Å²) in [6.45, 7) is 0. The van der Waals surface area contributed by atoms with Crippen molar-refractivity contribution in [3.63, 3.8) is 0 Å². The van der Waals surface area contributed by atoms with Crippen LogP contribution >= 0.6 is 0 Å². The molecule has 2 aromatic heterocycles. The highest BCUT2D eigenvalue weighted by molar-refractivity contribution is 6.29. The molecule has 0 unspecified atom stereocenters. The Hall–Kier alpha value is -3.52. The first-order valence-corrected chi connectivity index (χ1v) is 8.89. The lowest BCUT2D eigenvalue weighted by molar-refractivity contribution is 1.53. The quantitative estimate of drug-likeness (QED) is 0.339. The maximum atomic E-state index is 3.62. The molecule has 6 aromatic rings. The molecular formula is C24H16N2. The first-order chi connectivity index (χ1) is 12.9. The molecule has 0 fully saturated rings.